The Morgan fingerprint density at radius 2 is 2.00 bits per heavy atom. The van der Waals surface area contributed by atoms with E-state index in [0.717, 1.165) is 12.8 Å². The lowest BCUT2D eigenvalue weighted by atomic mass is 10.2. The van der Waals surface area contributed by atoms with Crippen LogP contribution in [0, 0.1) is 0 Å². The van der Waals surface area contributed by atoms with Crippen LogP contribution in [0.3, 0.4) is 0 Å². The summed E-state index contributed by atoms with van der Waals surface area (Å²) in [5.74, 6) is -0.812. The number of hydrogen-bond donors (Lipinski definition) is 1. The van der Waals surface area contributed by atoms with E-state index >= 15 is 0 Å². The number of carbonyl (C=O) groups is 1. The Morgan fingerprint density at radius 3 is 2.67 bits per heavy atom. The van der Waals surface area contributed by atoms with Gasteiger partial charge < -0.3 is 4.42 Å². The molecule has 0 saturated heterocycles. The smallest absolute Gasteiger partial charge is 0.302 e. The Labute approximate surface area is 122 Å². The first-order valence-electron chi connectivity index (χ1n) is 6.57. The summed E-state index contributed by atoms with van der Waals surface area (Å²) in [6, 6.07) is 8.66. The van der Waals surface area contributed by atoms with E-state index in [2.05, 4.69) is 4.98 Å². The second-order valence-corrected chi connectivity index (χ2v) is 6.74. The third-order valence-electron chi connectivity index (χ3n) is 3.21. The minimum atomic E-state index is -3.77. The first kappa shape index (κ1) is 13.8. The first-order valence-corrected chi connectivity index (χ1v) is 8.22. The molecule has 1 aromatic heterocycles. The fourth-order valence-corrected chi connectivity index (χ4v) is 3.17. The molecular weight excluding hydrogens is 292 g/mol. The highest BCUT2D eigenvalue weighted by Gasteiger charge is 2.33. The van der Waals surface area contributed by atoms with Crippen LogP contribution in [0.5, 0.6) is 0 Å². The zero-order valence-electron chi connectivity index (χ0n) is 11.2. The highest BCUT2D eigenvalue weighted by Crippen LogP contribution is 2.40. The summed E-state index contributed by atoms with van der Waals surface area (Å²) in [7, 11) is -3.77. The standard InChI is InChI=1S/C14H14N2O4S/c17-14(13-12(11-6-7-11)15-9-20-13)16-21(18,19)8-10-4-2-1-3-5-10/h1-5,9,11H,6-8H2,(H,16,17). The molecule has 0 unspecified atom stereocenters. The lowest BCUT2D eigenvalue weighted by Gasteiger charge is -2.06. The molecular formula is C14H14N2O4S. The number of benzene rings is 1. The Balaban J connectivity index is 1.73. The maximum Gasteiger partial charge on any atom is 0.302 e. The van der Waals surface area contributed by atoms with Crippen LogP contribution in [-0.4, -0.2) is 19.3 Å². The third-order valence-corrected chi connectivity index (χ3v) is 4.42. The van der Waals surface area contributed by atoms with E-state index < -0.39 is 15.9 Å². The maximum atomic E-state index is 12.0. The summed E-state index contributed by atoms with van der Waals surface area (Å²) in [4.78, 5) is 16.0. The molecule has 1 aliphatic rings. The molecule has 1 heterocycles. The molecule has 1 aliphatic carbocycles. The summed E-state index contributed by atoms with van der Waals surface area (Å²) in [5.41, 5.74) is 1.15. The maximum absolute atomic E-state index is 12.0. The number of carbonyl (C=O) groups excluding carboxylic acids is 1. The fraction of sp³-hybridized carbons (Fsp3) is 0.286. The van der Waals surface area contributed by atoms with Gasteiger partial charge in [-0.25, -0.2) is 18.1 Å². The molecule has 1 saturated carbocycles. The van der Waals surface area contributed by atoms with E-state index in [1.807, 2.05) is 4.72 Å². The molecule has 2 aromatic rings. The molecule has 0 bridgehead atoms. The van der Waals surface area contributed by atoms with Gasteiger partial charge in [0.05, 0.1) is 11.4 Å². The monoisotopic (exact) mass is 306 g/mol. The van der Waals surface area contributed by atoms with Gasteiger partial charge in [0.15, 0.2) is 6.39 Å². The summed E-state index contributed by atoms with van der Waals surface area (Å²) in [6.45, 7) is 0. The number of oxazole rings is 1. The van der Waals surface area contributed by atoms with Gasteiger partial charge in [0.25, 0.3) is 0 Å². The Morgan fingerprint density at radius 1 is 1.29 bits per heavy atom. The number of hydrogen-bond acceptors (Lipinski definition) is 5. The van der Waals surface area contributed by atoms with Crippen molar-refractivity contribution in [1.82, 2.24) is 9.71 Å². The molecule has 0 atom stereocenters. The number of nitrogens with one attached hydrogen (secondary N) is 1. The predicted molar refractivity (Wildman–Crippen MR) is 75.0 cm³/mol. The minimum absolute atomic E-state index is 0.00543. The van der Waals surface area contributed by atoms with E-state index in [9.17, 15) is 13.2 Å². The number of amides is 1. The fourth-order valence-electron chi connectivity index (χ4n) is 2.09. The Kier molecular flexibility index (Phi) is 3.50. The number of nitrogens with zero attached hydrogens (tertiary/aromatic N) is 1. The molecule has 1 aromatic carbocycles. The van der Waals surface area contributed by atoms with E-state index in [4.69, 9.17) is 4.42 Å². The van der Waals surface area contributed by atoms with Gasteiger partial charge in [0.2, 0.25) is 15.8 Å². The van der Waals surface area contributed by atoms with Crippen molar-refractivity contribution in [2.75, 3.05) is 0 Å². The molecule has 0 spiro atoms. The van der Waals surface area contributed by atoms with Crippen LogP contribution in [0.25, 0.3) is 0 Å². The lowest BCUT2D eigenvalue weighted by Crippen LogP contribution is -2.32. The normalized spacial score (nSPS) is 14.9. The summed E-state index contributed by atoms with van der Waals surface area (Å²) in [6.07, 6.45) is 3.07. The van der Waals surface area contributed by atoms with Gasteiger partial charge in [-0.05, 0) is 18.4 Å². The summed E-state index contributed by atoms with van der Waals surface area (Å²) >= 11 is 0. The van der Waals surface area contributed by atoms with Crippen LogP contribution >= 0.6 is 0 Å². The predicted octanol–water partition coefficient (Wildman–Crippen LogP) is 1.81. The van der Waals surface area contributed by atoms with Crippen molar-refractivity contribution in [3.8, 4) is 0 Å². The zero-order valence-corrected chi connectivity index (χ0v) is 12.0. The van der Waals surface area contributed by atoms with E-state index in [1.165, 1.54) is 6.39 Å². The van der Waals surface area contributed by atoms with E-state index in [-0.39, 0.29) is 17.4 Å². The van der Waals surface area contributed by atoms with Gasteiger partial charge >= 0.3 is 5.91 Å². The van der Waals surface area contributed by atoms with Crippen LogP contribution in [0.15, 0.2) is 41.1 Å². The van der Waals surface area contributed by atoms with Crippen molar-refractivity contribution in [3.63, 3.8) is 0 Å². The van der Waals surface area contributed by atoms with Crippen molar-refractivity contribution in [2.45, 2.75) is 24.5 Å². The second kappa shape index (κ2) is 5.33. The van der Waals surface area contributed by atoms with Gasteiger partial charge in [-0.15, -0.1) is 0 Å². The summed E-state index contributed by atoms with van der Waals surface area (Å²) in [5, 5.41) is 0. The molecule has 1 N–H and O–H groups in total. The molecule has 0 radical (unpaired) electrons. The van der Waals surface area contributed by atoms with Gasteiger partial charge in [-0.1, -0.05) is 30.3 Å². The molecule has 3 rings (SSSR count). The first-order chi connectivity index (χ1) is 10.1. The highest BCUT2D eigenvalue weighted by molar-refractivity contribution is 7.89. The zero-order chi connectivity index (χ0) is 14.9. The average molecular weight is 306 g/mol. The van der Waals surface area contributed by atoms with Crippen LogP contribution in [0.4, 0.5) is 0 Å². The summed E-state index contributed by atoms with van der Waals surface area (Å²) < 4.78 is 31.1. The Bertz CT molecular complexity index is 748. The lowest BCUT2D eigenvalue weighted by molar-refractivity contribution is 0.0953. The molecule has 110 valence electrons. The molecule has 1 fully saturated rings. The van der Waals surface area contributed by atoms with Gasteiger partial charge in [0, 0.05) is 5.92 Å². The van der Waals surface area contributed by atoms with E-state index in [1.54, 1.807) is 30.3 Å². The Hall–Kier alpha value is -2.15. The molecule has 0 aliphatic heterocycles. The minimum Gasteiger partial charge on any atom is -0.438 e. The molecule has 7 heteroatoms. The van der Waals surface area contributed by atoms with Crippen molar-refractivity contribution in [1.29, 1.82) is 0 Å². The van der Waals surface area contributed by atoms with Crippen LogP contribution < -0.4 is 4.72 Å². The SMILES string of the molecule is O=C(NS(=O)(=O)Cc1ccccc1)c1ocnc1C1CC1. The third kappa shape index (κ3) is 3.30. The molecule has 6 nitrogen and oxygen atoms in total. The van der Waals surface area contributed by atoms with Crippen LogP contribution in [0.1, 0.15) is 40.6 Å². The average Bonchev–Trinajstić information content (AvgIpc) is 3.15. The quantitative estimate of drug-likeness (QED) is 0.910. The van der Waals surface area contributed by atoms with Crippen LogP contribution in [-0.2, 0) is 15.8 Å². The highest BCUT2D eigenvalue weighted by atomic mass is 32.2. The largest absolute Gasteiger partial charge is 0.438 e. The van der Waals surface area contributed by atoms with Crippen LogP contribution in [0.2, 0.25) is 0 Å². The number of aromatic nitrogens is 1. The number of sulfonamides is 1. The molecule has 1 amide bonds. The van der Waals surface area contributed by atoms with Gasteiger partial charge in [0.1, 0.15) is 0 Å². The van der Waals surface area contributed by atoms with Crippen molar-refractivity contribution < 1.29 is 17.6 Å². The number of rotatable bonds is 5. The van der Waals surface area contributed by atoms with Gasteiger partial charge in [-0.2, -0.15) is 0 Å². The molecule has 21 heavy (non-hydrogen) atoms. The van der Waals surface area contributed by atoms with Gasteiger partial charge in [-0.3, -0.25) is 4.79 Å². The van der Waals surface area contributed by atoms with Crippen molar-refractivity contribution in [3.05, 3.63) is 53.7 Å². The topological polar surface area (TPSA) is 89.3 Å². The van der Waals surface area contributed by atoms with Crippen molar-refractivity contribution >= 4 is 15.9 Å². The van der Waals surface area contributed by atoms with E-state index in [0.29, 0.717) is 11.3 Å². The second-order valence-electron chi connectivity index (χ2n) is 5.02. The van der Waals surface area contributed by atoms with Crippen molar-refractivity contribution in [2.24, 2.45) is 0 Å².